The minimum absolute atomic E-state index is 0.0456. The first-order chi connectivity index (χ1) is 14.8. The van der Waals surface area contributed by atoms with Gasteiger partial charge in [0, 0.05) is 34.9 Å². The molecule has 31 heavy (non-hydrogen) atoms. The molecule has 0 saturated heterocycles. The zero-order valence-electron chi connectivity index (χ0n) is 16.2. The van der Waals surface area contributed by atoms with Crippen molar-refractivity contribution < 1.29 is 14.0 Å². The van der Waals surface area contributed by atoms with Crippen molar-refractivity contribution in [2.45, 2.75) is 13.3 Å². The van der Waals surface area contributed by atoms with Crippen molar-refractivity contribution in [2.24, 2.45) is 0 Å². The molecule has 1 aromatic heterocycles. The van der Waals surface area contributed by atoms with Crippen LogP contribution < -0.4 is 10.2 Å². The predicted octanol–water partition coefficient (Wildman–Crippen LogP) is 5.26. The molecule has 9 heteroatoms. The van der Waals surface area contributed by atoms with Crippen molar-refractivity contribution in [3.05, 3.63) is 81.7 Å². The number of carbonyl (C=O) groups excluding carboxylic acids is 2. The van der Waals surface area contributed by atoms with E-state index in [2.05, 4.69) is 10.3 Å². The van der Waals surface area contributed by atoms with Gasteiger partial charge in [-0.25, -0.2) is 9.37 Å². The summed E-state index contributed by atoms with van der Waals surface area (Å²) >= 11 is 12.2. The van der Waals surface area contributed by atoms with E-state index in [1.807, 2.05) is 0 Å². The number of pyridine rings is 1. The smallest absolute Gasteiger partial charge is 0.229 e. The van der Waals surface area contributed by atoms with Crippen LogP contribution in [0.1, 0.15) is 18.1 Å². The van der Waals surface area contributed by atoms with E-state index in [0.29, 0.717) is 21.3 Å². The van der Waals surface area contributed by atoms with Crippen LogP contribution in [-0.2, 0) is 16.0 Å². The number of nitrogens with zero attached hydrogens (tertiary/aromatic N) is 3. The van der Waals surface area contributed by atoms with Gasteiger partial charge in [0.1, 0.15) is 17.7 Å². The van der Waals surface area contributed by atoms with Gasteiger partial charge in [-0.05, 0) is 42.0 Å². The summed E-state index contributed by atoms with van der Waals surface area (Å²) in [4.78, 5) is 30.1. The van der Waals surface area contributed by atoms with Crippen molar-refractivity contribution in [2.75, 3.05) is 10.2 Å². The van der Waals surface area contributed by atoms with Crippen LogP contribution in [-0.4, -0.2) is 16.8 Å². The highest BCUT2D eigenvalue weighted by molar-refractivity contribution is 6.36. The summed E-state index contributed by atoms with van der Waals surface area (Å²) in [7, 11) is 0. The lowest BCUT2D eigenvalue weighted by molar-refractivity contribution is -0.116. The van der Waals surface area contributed by atoms with Crippen LogP contribution >= 0.6 is 23.2 Å². The standard InChI is InChI=1S/C22H15Cl2FN4O2/c1-13(30)29(16-5-6-20(25)14(9-16)12-26)21-10-15(7-8-27-21)28-22(31)11-17-18(23)3-2-4-19(17)24/h2-10H,11H2,1H3,(H,27,28,31). The molecule has 0 aliphatic heterocycles. The third kappa shape index (κ3) is 5.18. The van der Waals surface area contributed by atoms with Gasteiger partial charge in [0.25, 0.3) is 0 Å². The highest BCUT2D eigenvalue weighted by Crippen LogP contribution is 2.28. The highest BCUT2D eigenvalue weighted by Gasteiger charge is 2.18. The molecule has 156 valence electrons. The number of rotatable bonds is 5. The molecule has 1 heterocycles. The molecule has 0 bridgehead atoms. The molecule has 3 rings (SSSR count). The van der Waals surface area contributed by atoms with E-state index in [1.54, 1.807) is 30.3 Å². The average Bonchev–Trinajstić information content (AvgIpc) is 2.72. The van der Waals surface area contributed by atoms with Gasteiger partial charge in [0.05, 0.1) is 17.7 Å². The molecular formula is C22H15Cl2FN4O2. The first-order valence-corrected chi connectivity index (χ1v) is 9.75. The Hall–Kier alpha value is -3.47. The van der Waals surface area contributed by atoms with E-state index in [1.165, 1.54) is 36.2 Å². The second-order valence-electron chi connectivity index (χ2n) is 6.46. The first kappa shape index (κ1) is 22.2. The van der Waals surface area contributed by atoms with Crippen LogP contribution in [0.3, 0.4) is 0 Å². The molecule has 0 aliphatic rings. The van der Waals surface area contributed by atoms with Crippen LogP contribution in [0, 0.1) is 17.1 Å². The summed E-state index contributed by atoms with van der Waals surface area (Å²) < 4.78 is 13.7. The van der Waals surface area contributed by atoms with Crippen molar-refractivity contribution in [1.82, 2.24) is 4.98 Å². The van der Waals surface area contributed by atoms with Gasteiger partial charge < -0.3 is 5.32 Å². The Morgan fingerprint density at radius 2 is 1.87 bits per heavy atom. The van der Waals surface area contributed by atoms with Crippen molar-refractivity contribution in [3.63, 3.8) is 0 Å². The van der Waals surface area contributed by atoms with Crippen LogP contribution in [0.2, 0.25) is 10.0 Å². The van der Waals surface area contributed by atoms with Gasteiger partial charge in [0.2, 0.25) is 11.8 Å². The maximum atomic E-state index is 13.7. The van der Waals surface area contributed by atoms with Gasteiger partial charge in [-0.15, -0.1) is 0 Å². The van der Waals surface area contributed by atoms with E-state index in [4.69, 9.17) is 28.5 Å². The van der Waals surface area contributed by atoms with E-state index in [0.717, 1.165) is 6.07 Å². The third-order valence-electron chi connectivity index (χ3n) is 4.30. The van der Waals surface area contributed by atoms with E-state index in [9.17, 15) is 14.0 Å². The minimum Gasteiger partial charge on any atom is -0.326 e. The summed E-state index contributed by atoms with van der Waals surface area (Å²) in [5.41, 5.74) is 0.944. The quantitative estimate of drug-likeness (QED) is 0.566. The largest absolute Gasteiger partial charge is 0.326 e. The summed E-state index contributed by atoms with van der Waals surface area (Å²) in [6, 6.07) is 13.5. The molecule has 0 aliphatic carbocycles. The van der Waals surface area contributed by atoms with Gasteiger partial charge in [-0.1, -0.05) is 29.3 Å². The van der Waals surface area contributed by atoms with Crippen LogP contribution in [0.4, 0.5) is 21.6 Å². The number of aromatic nitrogens is 1. The Labute approximate surface area is 187 Å². The van der Waals surface area contributed by atoms with E-state index in [-0.39, 0.29) is 29.4 Å². The molecule has 0 unspecified atom stereocenters. The second-order valence-corrected chi connectivity index (χ2v) is 7.27. The molecule has 0 radical (unpaired) electrons. The van der Waals surface area contributed by atoms with Gasteiger partial charge >= 0.3 is 0 Å². The number of nitriles is 1. The Balaban J connectivity index is 1.86. The number of benzene rings is 2. The molecule has 3 aromatic rings. The normalized spacial score (nSPS) is 10.3. The number of nitrogens with one attached hydrogen (secondary N) is 1. The fourth-order valence-corrected chi connectivity index (χ4v) is 3.43. The van der Waals surface area contributed by atoms with E-state index >= 15 is 0 Å². The number of halogens is 3. The summed E-state index contributed by atoms with van der Waals surface area (Å²) in [5, 5.41) is 12.5. The topological polar surface area (TPSA) is 86.1 Å². The maximum absolute atomic E-state index is 13.7. The summed E-state index contributed by atoms with van der Waals surface area (Å²) in [5.74, 6) is -1.28. The van der Waals surface area contributed by atoms with Gasteiger partial charge in [-0.3, -0.25) is 14.5 Å². The average molecular weight is 457 g/mol. The second kappa shape index (κ2) is 9.56. The molecular weight excluding hydrogens is 442 g/mol. The lowest BCUT2D eigenvalue weighted by atomic mass is 10.1. The van der Waals surface area contributed by atoms with Crippen molar-refractivity contribution >= 4 is 52.2 Å². The predicted molar refractivity (Wildman–Crippen MR) is 117 cm³/mol. The molecule has 2 aromatic carbocycles. The van der Waals surface area contributed by atoms with Crippen LogP contribution in [0.15, 0.2) is 54.7 Å². The monoisotopic (exact) mass is 456 g/mol. The molecule has 1 N–H and O–H groups in total. The number of amides is 2. The van der Waals surface area contributed by atoms with Crippen molar-refractivity contribution in [1.29, 1.82) is 5.26 Å². The Morgan fingerprint density at radius 1 is 1.16 bits per heavy atom. The molecule has 0 saturated carbocycles. The minimum atomic E-state index is -0.693. The SMILES string of the molecule is CC(=O)N(c1ccc(F)c(C#N)c1)c1cc(NC(=O)Cc2c(Cl)cccc2Cl)ccn1. The Kier molecular flexibility index (Phi) is 6.85. The zero-order chi connectivity index (χ0) is 22.5. The molecule has 0 spiro atoms. The van der Waals surface area contributed by atoms with Crippen LogP contribution in [0.25, 0.3) is 0 Å². The molecule has 0 atom stereocenters. The summed E-state index contributed by atoms with van der Waals surface area (Å²) in [6.45, 7) is 1.31. The first-order valence-electron chi connectivity index (χ1n) is 8.99. The molecule has 0 fully saturated rings. The molecule has 2 amide bonds. The molecule has 6 nitrogen and oxygen atoms in total. The van der Waals surface area contributed by atoms with Crippen LogP contribution in [0.5, 0.6) is 0 Å². The zero-order valence-corrected chi connectivity index (χ0v) is 17.7. The number of hydrogen-bond acceptors (Lipinski definition) is 4. The van der Waals surface area contributed by atoms with Gasteiger partial charge in [0.15, 0.2) is 0 Å². The number of hydrogen-bond donors (Lipinski definition) is 1. The van der Waals surface area contributed by atoms with Crippen molar-refractivity contribution in [3.8, 4) is 6.07 Å². The highest BCUT2D eigenvalue weighted by atomic mass is 35.5. The number of carbonyl (C=O) groups is 2. The lowest BCUT2D eigenvalue weighted by Crippen LogP contribution is -2.24. The number of anilines is 3. The Bertz CT molecular complexity index is 1190. The summed E-state index contributed by atoms with van der Waals surface area (Å²) in [6.07, 6.45) is 1.37. The Morgan fingerprint density at radius 3 is 2.52 bits per heavy atom. The fraction of sp³-hybridized carbons (Fsp3) is 0.0909. The maximum Gasteiger partial charge on any atom is 0.229 e. The fourth-order valence-electron chi connectivity index (χ4n) is 2.90. The lowest BCUT2D eigenvalue weighted by Gasteiger charge is -2.21. The third-order valence-corrected chi connectivity index (χ3v) is 5.01. The van der Waals surface area contributed by atoms with E-state index < -0.39 is 11.7 Å². The van der Waals surface area contributed by atoms with Gasteiger partial charge in [-0.2, -0.15) is 5.26 Å².